The normalized spacial score (nSPS) is 21.2. The molecule has 0 radical (unpaired) electrons. The van der Waals surface area contributed by atoms with Crippen LogP contribution < -0.4 is 0 Å². The summed E-state index contributed by atoms with van der Waals surface area (Å²) in [7, 11) is 0. The molecule has 0 aromatic heterocycles. The Kier molecular flexibility index (Phi) is 7.82. The van der Waals surface area contributed by atoms with Crippen LogP contribution in [0.2, 0.25) is 0 Å². The first-order valence-electron chi connectivity index (χ1n) is 7.36. The second-order valence-corrected chi connectivity index (χ2v) is 5.53. The van der Waals surface area contributed by atoms with E-state index in [1.807, 2.05) is 13.8 Å². The molecule has 4 nitrogen and oxygen atoms in total. The molecule has 0 aliphatic carbocycles. The summed E-state index contributed by atoms with van der Waals surface area (Å²) in [6.07, 6.45) is 2.27. The molecule has 1 aliphatic rings. The summed E-state index contributed by atoms with van der Waals surface area (Å²) in [5.74, 6) is 0. The van der Waals surface area contributed by atoms with Crippen molar-refractivity contribution in [3.8, 4) is 0 Å². The molecule has 0 aromatic rings. The molecule has 1 heterocycles. The molecule has 1 N–H and O–H groups in total. The van der Waals surface area contributed by atoms with Crippen LogP contribution in [0.5, 0.6) is 0 Å². The molecule has 18 heavy (non-hydrogen) atoms. The second-order valence-electron chi connectivity index (χ2n) is 5.53. The topological polar surface area (TPSA) is 35.9 Å². The van der Waals surface area contributed by atoms with Crippen molar-refractivity contribution in [1.29, 1.82) is 0 Å². The quantitative estimate of drug-likeness (QED) is 0.744. The molecule has 1 rings (SSSR count). The summed E-state index contributed by atoms with van der Waals surface area (Å²) in [5.41, 5.74) is 0. The largest absolute Gasteiger partial charge is 0.389 e. The van der Waals surface area contributed by atoms with Crippen LogP contribution in [-0.4, -0.2) is 73.0 Å². The molecule has 1 fully saturated rings. The van der Waals surface area contributed by atoms with E-state index in [4.69, 9.17) is 4.74 Å². The minimum Gasteiger partial charge on any atom is -0.389 e. The third-order valence-electron chi connectivity index (χ3n) is 3.31. The molecule has 1 aliphatic heterocycles. The summed E-state index contributed by atoms with van der Waals surface area (Å²) in [5, 5.41) is 9.93. The van der Waals surface area contributed by atoms with Gasteiger partial charge in [-0.1, -0.05) is 6.92 Å². The molecule has 1 saturated heterocycles. The number of hydrogen-bond donors (Lipinski definition) is 1. The first-order chi connectivity index (χ1) is 8.61. The van der Waals surface area contributed by atoms with Gasteiger partial charge in [0.2, 0.25) is 0 Å². The highest BCUT2D eigenvalue weighted by Crippen LogP contribution is 2.05. The monoisotopic (exact) mass is 258 g/mol. The highest BCUT2D eigenvalue weighted by atomic mass is 16.5. The summed E-state index contributed by atoms with van der Waals surface area (Å²) in [6.45, 7) is 13.1. The summed E-state index contributed by atoms with van der Waals surface area (Å²) >= 11 is 0. The van der Waals surface area contributed by atoms with Crippen molar-refractivity contribution in [3.05, 3.63) is 0 Å². The number of hydrogen-bond acceptors (Lipinski definition) is 4. The maximum absolute atomic E-state index is 9.93. The van der Waals surface area contributed by atoms with E-state index in [-0.39, 0.29) is 12.2 Å². The molecule has 0 spiro atoms. The zero-order chi connectivity index (χ0) is 13.4. The molecule has 108 valence electrons. The van der Waals surface area contributed by atoms with Crippen molar-refractivity contribution in [2.75, 3.05) is 45.9 Å². The van der Waals surface area contributed by atoms with Gasteiger partial charge in [0.25, 0.3) is 0 Å². The van der Waals surface area contributed by atoms with Gasteiger partial charge in [0.15, 0.2) is 0 Å². The van der Waals surface area contributed by atoms with Crippen LogP contribution in [0.3, 0.4) is 0 Å². The lowest BCUT2D eigenvalue weighted by atomic mass is 10.3. The smallest absolute Gasteiger partial charge is 0.0900 e. The number of β-amino-alcohol motifs (C(OH)–C–C–N with tert-alkyl or cyclic N) is 1. The van der Waals surface area contributed by atoms with E-state index in [1.54, 1.807) is 0 Å². The second kappa shape index (κ2) is 8.86. The van der Waals surface area contributed by atoms with Crippen LogP contribution in [0, 0.1) is 0 Å². The third-order valence-corrected chi connectivity index (χ3v) is 3.31. The van der Waals surface area contributed by atoms with E-state index < -0.39 is 0 Å². The SMILES string of the molecule is CCCN1CCCN(CC(O)COC(C)C)CC1. The van der Waals surface area contributed by atoms with Gasteiger partial charge in [-0.25, -0.2) is 0 Å². The van der Waals surface area contributed by atoms with E-state index in [1.165, 1.54) is 25.9 Å². The highest BCUT2D eigenvalue weighted by molar-refractivity contribution is 4.72. The molecule has 0 aromatic carbocycles. The summed E-state index contributed by atoms with van der Waals surface area (Å²) in [4.78, 5) is 4.89. The Bertz CT molecular complexity index is 212. The Morgan fingerprint density at radius 3 is 2.44 bits per heavy atom. The Balaban J connectivity index is 2.21. The van der Waals surface area contributed by atoms with Crippen molar-refractivity contribution in [2.45, 2.75) is 45.8 Å². The van der Waals surface area contributed by atoms with Crippen molar-refractivity contribution >= 4 is 0 Å². The van der Waals surface area contributed by atoms with Gasteiger partial charge < -0.3 is 14.7 Å². The lowest BCUT2D eigenvalue weighted by Crippen LogP contribution is -2.38. The number of ether oxygens (including phenoxy) is 1. The molecule has 0 amide bonds. The lowest BCUT2D eigenvalue weighted by molar-refractivity contribution is -0.00797. The van der Waals surface area contributed by atoms with Crippen LogP contribution in [0.25, 0.3) is 0 Å². The van der Waals surface area contributed by atoms with E-state index >= 15 is 0 Å². The number of aliphatic hydroxyl groups excluding tert-OH is 1. The van der Waals surface area contributed by atoms with Gasteiger partial charge in [-0.2, -0.15) is 0 Å². The minimum atomic E-state index is -0.356. The van der Waals surface area contributed by atoms with Crippen LogP contribution in [-0.2, 0) is 4.74 Å². The Morgan fingerprint density at radius 1 is 1.11 bits per heavy atom. The zero-order valence-electron chi connectivity index (χ0n) is 12.3. The van der Waals surface area contributed by atoms with Gasteiger partial charge in [-0.3, -0.25) is 4.90 Å². The van der Waals surface area contributed by atoms with Crippen molar-refractivity contribution in [1.82, 2.24) is 9.80 Å². The van der Waals surface area contributed by atoms with Crippen LogP contribution in [0.4, 0.5) is 0 Å². The van der Waals surface area contributed by atoms with E-state index in [0.717, 1.165) is 26.2 Å². The van der Waals surface area contributed by atoms with Crippen LogP contribution in [0.15, 0.2) is 0 Å². The van der Waals surface area contributed by atoms with E-state index in [2.05, 4.69) is 16.7 Å². The molecule has 0 bridgehead atoms. The predicted octanol–water partition coefficient (Wildman–Crippen LogP) is 1.19. The van der Waals surface area contributed by atoms with Crippen molar-refractivity contribution < 1.29 is 9.84 Å². The van der Waals surface area contributed by atoms with Gasteiger partial charge >= 0.3 is 0 Å². The summed E-state index contributed by atoms with van der Waals surface area (Å²) < 4.78 is 5.45. The van der Waals surface area contributed by atoms with Crippen molar-refractivity contribution in [3.63, 3.8) is 0 Å². The lowest BCUT2D eigenvalue weighted by Gasteiger charge is -2.24. The van der Waals surface area contributed by atoms with E-state index in [0.29, 0.717) is 6.61 Å². The Hall–Kier alpha value is -0.160. The fourth-order valence-corrected chi connectivity index (χ4v) is 2.40. The predicted molar refractivity (Wildman–Crippen MR) is 74.9 cm³/mol. The van der Waals surface area contributed by atoms with Gasteiger partial charge in [0.1, 0.15) is 0 Å². The first-order valence-corrected chi connectivity index (χ1v) is 7.36. The Morgan fingerprint density at radius 2 is 1.78 bits per heavy atom. The van der Waals surface area contributed by atoms with E-state index in [9.17, 15) is 5.11 Å². The molecule has 1 unspecified atom stereocenters. The third kappa shape index (κ3) is 6.69. The van der Waals surface area contributed by atoms with Gasteiger partial charge in [-0.05, 0) is 46.3 Å². The average Bonchev–Trinajstić information content (AvgIpc) is 2.53. The van der Waals surface area contributed by atoms with Gasteiger partial charge in [0, 0.05) is 19.6 Å². The molecular formula is C14H30N2O2. The highest BCUT2D eigenvalue weighted by Gasteiger charge is 2.17. The van der Waals surface area contributed by atoms with Crippen molar-refractivity contribution in [2.24, 2.45) is 0 Å². The Labute approximate surface area is 112 Å². The maximum Gasteiger partial charge on any atom is 0.0900 e. The average molecular weight is 258 g/mol. The maximum atomic E-state index is 9.93. The van der Waals surface area contributed by atoms with Crippen LogP contribution in [0.1, 0.15) is 33.6 Å². The summed E-state index contributed by atoms with van der Waals surface area (Å²) in [6, 6.07) is 0. The number of nitrogens with zero attached hydrogens (tertiary/aromatic N) is 2. The molecular weight excluding hydrogens is 228 g/mol. The minimum absolute atomic E-state index is 0.198. The van der Waals surface area contributed by atoms with Gasteiger partial charge in [0.05, 0.1) is 18.8 Å². The number of rotatable bonds is 7. The molecule has 4 heteroatoms. The fraction of sp³-hybridized carbons (Fsp3) is 1.00. The zero-order valence-corrected chi connectivity index (χ0v) is 12.3. The standard InChI is InChI=1S/C14H30N2O2/c1-4-6-15-7-5-8-16(10-9-15)11-14(17)12-18-13(2)3/h13-14,17H,4-12H2,1-3H3. The first kappa shape index (κ1) is 15.9. The fourth-order valence-electron chi connectivity index (χ4n) is 2.40. The molecule has 1 atom stereocenters. The van der Waals surface area contributed by atoms with Gasteiger partial charge in [-0.15, -0.1) is 0 Å². The molecule has 0 saturated carbocycles. The number of aliphatic hydroxyl groups is 1. The van der Waals surface area contributed by atoms with Crippen LogP contribution >= 0.6 is 0 Å².